The lowest BCUT2D eigenvalue weighted by Crippen LogP contribution is -2.49. The Labute approximate surface area is 130 Å². The first-order chi connectivity index (χ1) is 10.3. The third-order valence-corrected chi connectivity index (χ3v) is 3.88. The molecular formula is C14H20N2O5S. The summed E-state index contributed by atoms with van der Waals surface area (Å²) < 4.78 is 35.5. The van der Waals surface area contributed by atoms with Gasteiger partial charge in [0.2, 0.25) is 22.7 Å². The zero-order valence-corrected chi connectivity index (χ0v) is 13.6. The minimum absolute atomic E-state index is 0.161. The lowest BCUT2D eigenvalue weighted by Gasteiger charge is -2.20. The molecule has 1 aliphatic rings. The molecule has 1 atom stereocenters. The van der Waals surface area contributed by atoms with Gasteiger partial charge in [-0.2, -0.15) is 0 Å². The quantitative estimate of drug-likeness (QED) is 0.798. The van der Waals surface area contributed by atoms with E-state index in [4.69, 9.17) is 9.47 Å². The van der Waals surface area contributed by atoms with E-state index >= 15 is 0 Å². The van der Waals surface area contributed by atoms with Crippen molar-refractivity contribution in [3.63, 3.8) is 0 Å². The lowest BCUT2D eigenvalue weighted by molar-refractivity contribution is -0.123. The van der Waals surface area contributed by atoms with E-state index in [1.807, 2.05) is 6.07 Å². The third kappa shape index (κ3) is 4.35. The Morgan fingerprint density at radius 3 is 2.59 bits per heavy atom. The number of hydrogen-bond acceptors (Lipinski definition) is 5. The fourth-order valence-corrected chi connectivity index (χ4v) is 2.91. The SMILES string of the molecule is CC(C)[C@H](NS(C)(=O)=O)C(=O)NCc1ccc2c(c1)OCO2. The summed E-state index contributed by atoms with van der Waals surface area (Å²) in [6.45, 7) is 4.04. The summed E-state index contributed by atoms with van der Waals surface area (Å²) in [6.07, 6.45) is 1.04. The fraction of sp³-hybridized carbons (Fsp3) is 0.500. The van der Waals surface area contributed by atoms with Gasteiger partial charge >= 0.3 is 0 Å². The largest absolute Gasteiger partial charge is 0.454 e. The smallest absolute Gasteiger partial charge is 0.238 e. The Kier molecular flexibility index (Phi) is 4.92. The number of carbonyl (C=O) groups excluding carboxylic acids is 1. The molecule has 0 bridgehead atoms. The van der Waals surface area contributed by atoms with Crippen LogP contribution < -0.4 is 19.5 Å². The molecule has 1 heterocycles. The molecule has 1 aromatic rings. The minimum Gasteiger partial charge on any atom is -0.454 e. The second kappa shape index (κ2) is 6.53. The molecule has 2 N–H and O–H groups in total. The Hall–Kier alpha value is -1.80. The molecule has 0 aromatic heterocycles. The van der Waals surface area contributed by atoms with E-state index in [0.717, 1.165) is 11.8 Å². The van der Waals surface area contributed by atoms with E-state index in [2.05, 4.69) is 10.0 Å². The summed E-state index contributed by atoms with van der Waals surface area (Å²) >= 11 is 0. The maximum atomic E-state index is 12.2. The first-order valence-corrected chi connectivity index (χ1v) is 8.79. The molecule has 0 saturated heterocycles. The normalized spacial score (nSPS) is 14.9. The van der Waals surface area contributed by atoms with Crippen LogP contribution in [0.5, 0.6) is 11.5 Å². The minimum atomic E-state index is -3.45. The van der Waals surface area contributed by atoms with Gasteiger partial charge in [-0.3, -0.25) is 4.79 Å². The molecule has 8 heteroatoms. The van der Waals surface area contributed by atoms with Gasteiger partial charge in [-0.15, -0.1) is 0 Å². The summed E-state index contributed by atoms with van der Waals surface area (Å²) in [7, 11) is -3.45. The summed E-state index contributed by atoms with van der Waals surface area (Å²) in [4.78, 5) is 12.2. The second-order valence-corrected chi connectivity index (χ2v) is 7.30. The molecule has 0 spiro atoms. The number of sulfonamides is 1. The third-order valence-electron chi connectivity index (χ3n) is 3.19. The van der Waals surface area contributed by atoms with Gasteiger partial charge in [0.1, 0.15) is 6.04 Å². The fourth-order valence-electron chi connectivity index (χ4n) is 2.07. The van der Waals surface area contributed by atoms with Gasteiger partial charge in [0, 0.05) is 6.54 Å². The number of benzene rings is 1. The van der Waals surface area contributed by atoms with Gasteiger partial charge in [-0.05, 0) is 23.6 Å². The van der Waals surface area contributed by atoms with Gasteiger partial charge < -0.3 is 14.8 Å². The Bertz CT molecular complexity index is 657. The number of carbonyl (C=O) groups is 1. The molecule has 0 saturated carbocycles. The maximum absolute atomic E-state index is 12.2. The zero-order chi connectivity index (χ0) is 16.3. The average molecular weight is 328 g/mol. The monoisotopic (exact) mass is 328 g/mol. The number of rotatable bonds is 6. The van der Waals surface area contributed by atoms with Gasteiger partial charge in [-0.25, -0.2) is 13.1 Å². The predicted molar refractivity (Wildman–Crippen MR) is 81.0 cm³/mol. The van der Waals surface area contributed by atoms with E-state index < -0.39 is 16.1 Å². The molecule has 122 valence electrons. The highest BCUT2D eigenvalue weighted by Crippen LogP contribution is 2.32. The van der Waals surface area contributed by atoms with Crippen molar-refractivity contribution in [1.82, 2.24) is 10.0 Å². The van der Waals surface area contributed by atoms with Crippen molar-refractivity contribution in [2.75, 3.05) is 13.0 Å². The van der Waals surface area contributed by atoms with Crippen LogP contribution in [0.3, 0.4) is 0 Å². The number of fused-ring (bicyclic) bond motifs is 1. The number of nitrogens with one attached hydrogen (secondary N) is 2. The molecule has 0 unspecified atom stereocenters. The van der Waals surface area contributed by atoms with Crippen molar-refractivity contribution in [2.45, 2.75) is 26.4 Å². The molecule has 7 nitrogen and oxygen atoms in total. The van der Waals surface area contributed by atoms with E-state index in [9.17, 15) is 13.2 Å². The van der Waals surface area contributed by atoms with Crippen LogP contribution in [-0.4, -0.2) is 33.4 Å². The Morgan fingerprint density at radius 1 is 1.27 bits per heavy atom. The average Bonchev–Trinajstić information content (AvgIpc) is 2.88. The second-order valence-electron chi connectivity index (χ2n) is 5.52. The Morgan fingerprint density at radius 2 is 1.95 bits per heavy atom. The van der Waals surface area contributed by atoms with Crippen molar-refractivity contribution in [3.8, 4) is 11.5 Å². The van der Waals surface area contributed by atoms with Crippen molar-refractivity contribution in [2.24, 2.45) is 5.92 Å². The highest BCUT2D eigenvalue weighted by molar-refractivity contribution is 7.88. The van der Waals surface area contributed by atoms with Crippen LogP contribution in [0.2, 0.25) is 0 Å². The van der Waals surface area contributed by atoms with E-state index in [-0.39, 0.29) is 25.2 Å². The standard InChI is InChI=1S/C14H20N2O5S/c1-9(2)13(16-22(3,18)19)14(17)15-7-10-4-5-11-12(6-10)21-8-20-11/h4-6,9,13,16H,7-8H2,1-3H3,(H,15,17)/t13-/m0/s1. The van der Waals surface area contributed by atoms with Gasteiger partial charge in [0.25, 0.3) is 0 Å². The van der Waals surface area contributed by atoms with Crippen LogP contribution in [-0.2, 0) is 21.4 Å². The molecule has 0 radical (unpaired) electrons. The summed E-state index contributed by atoms with van der Waals surface area (Å²) in [5.41, 5.74) is 0.847. The van der Waals surface area contributed by atoms with E-state index in [1.54, 1.807) is 26.0 Å². The molecule has 2 rings (SSSR count). The highest BCUT2D eigenvalue weighted by atomic mass is 32.2. The Balaban J connectivity index is 1.98. The summed E-state index contributed by atoms with van der Waals surface area (Å²) in [5.74, 6) is 0.792. The van der Waals surface area contributed by atoms with E-state index in [0.29, 0.717) is 11.5 Å². The predicted octanol–water partition coefficient (Wildman–Crippen LogP) is 0.605. The van der Waals surface area contributed by atoms with Crippen LogP contribution in [0.25, 0.3) is 0 Å². The molecule has 1 aliphatic heterocycles. The van der Waals surface area contributed by atoms with Crippen LogP contribution in [0.1, 0.15) is 19.4 Å². The molecular weight excluding hydrogens is 308 g/mol. The van der Waals surface area contributed by atoms with Crippen molar-refractivity contribution < 1.29 is 22.7 Å². The maximum Gasteiger partial charge on any atom is 0.238 e. The van der Waals surface area contributed by atoms with Crippen molar-refractivity contribution in [1.29, 1.82) is 0 Å². The van der Waals surface area contributed by atoms with Gasteiger partial charge in [0.05, 0.1) is 6.26 Å². The number of hydrogen-bond donors (Lipinski definition) is 2. The number of amides is 1. The van der Waals surface area contributed by atoms with Crippen LogP contribution in [0.4, 0.5) is 0 Å². The van der Waals surface area contributed by atoms with E-state index in [1.165, 1.54) is 0 Å². The molecule has 1 aromatic carbocycles. The van der Waals surface area contributed by atoms with Crippen molar-refractivity contribution >= 4 is 15.9 Å². The van der Waals surface area contributed by atoms with Crippen LogP contribution in [0.15, 0.2) is 18.2 Å². The summed E-state index contributed by atoms with van der Waals surface area (Å²) in [5, 5.41) is 2.73. The number of ether oxygens (including phenoxy) is 2. The van der Waals surface area contributed by atoms with Crippen LogP contribution >= 0.6 is 0 Å². The van der Waals surface area contributed by atoms with Gasteiger partial charge in [-0.1, -0.05) is 19.9 Å². The van der Waals surface area contributed by atoms with Crippen molar-refractivity contribution in [3.05, 3.63) is 23.8 Å². The molecule has 0 fully saturated rings. The highest BCUT2D eigenvalue weighted by Gasteiger charge is 2.25. The summed E-state index contributed by atoms with van der Waals surface area (Å²) in [6, 6.07) is 4.58. The van der Waals surface area contributed by atoms with Crippen LogP contribution in [0, 0.1) is 5.92 Å². The first kappa shape index (κ1) is 16.6. The molecule has 22 heavy (non-hydrogen) atoms. The van der Waals surface area contributed by atoms with Gasteiger partial charge in [0.15, 0.2) is 11.5 Å². The topological polar surface area (TPSA) is 93.7 Å². The molecule has 0 aliphatic carbocycles. The first-order valence-electron chi connectivity index (χ1n) is 6.90. The lowest BCUT2D eigenvalue weighted by atomic mass is 10.0. The zero-order valence-electron chi connectivity index (χ0n) is 12.8. The molecule has 1 amide bonds.